The third-order valence-electron chi connectivity index (χ3n) is 4.57. The lowest BCUT2D eigenvalue weighted by Crippen LogP contribution is -2.32. The van der Waals surface area contributed by atoms with Crippen molar-refractivity contribution in [2.45, 2.75) is 50.8 Å². The molecule has 0 radical (unpaired) electrons. The maximum absolute atomic E-state index is 13.3. The molecule has 2 rings (SSSR count). The van der Waals surface area contributed by atoms with Crippen LogP contribution in [0, 0.1) is 0 Å². The van der Waals surface area contributed by atoms with E-state index in [0.717, 1.165) is 31.0 Å². The Bertz CT molecular complexity index is 782. The van der Waals surface area contributed by atoms with E-state index >= 15 is 0 Å². The van der Waals surface area contributed by atoms with Crippen molar-refractivity contribution in [3.8, 4) is 5.75 Å². The van der Waals surface area contributed by atoms with Crippen LogP contribution in [0.4, 0.5) is 13.2 Å². The van der Waals surface area contributed by atoms with E-state index in [1.165, 1.54) is 0 Å². The molecule has 0 unspecified atom stereocenters. The molecule has 0 saturated heterocycles. The highest BCUT2D eigenvalue weighted by Gasteiger charge is 2.39. The fraction of sp³-hybridized carbons (Fsp3) is 0.588. The second kappa shape index (κ2) is 8.05. The molecule has 0 spiro atoms. The van der Waals surface area contributed by atoms with Gasteiger partial charge in [0, 0.05) is 0 Å². The summed E-state index contributed by atoms with van der Waals surface area (Å²) < 4.78 is 81.9. The summed E-state index contributed by atoms with van der Waals surface area (Å²) in [6.07, 6.45) is -1.20. The first kappa shape index (κ1) is 21.5. The number of rotatable bonds is 7. The molecular formula is C17H20F3O6S-. The van der Waals surface area contributed by atoms with Crippen molar-refractivity contribution in [2.24, 2.45) is 0 Å². The number of esters is 1. The fourth-order valence-corrected chi connectivity index (χ4v) is 3.36. The number of benzene rings is 1. The standard InChI is InChI=1S/C17H21F3O6S/c1-2-16(7-3-4-8-16)26-14-11-12(5-6-13(14)17(18,19)20)15(21)25-9-10-27(22,23)24/h5-6,11H,2-4,7-10H2,1H3,(H,22,23,24)/p-1. The zero-order valence-corrected chi connectivity index (χ0v) is 15.5. The van der Waals surface area contributed by atoms with Crippen LogP contribution in [0.5, 0.6) is 5.75 Å². The Morgan fingerprint density at radius 1 is 1.26 bits per heavy atom. The summed E-state index contributed by atoms with van der Waals surface area (Å²) in [4.78, 5) is 12.0. The molecule has 10 heteroatoms. The first-order valence-electron chi connectivity index (χ1n) is 8.47. The number of ether oxygens (including phenoxy) is 2. The predicted molar refractivity (Wildman–Crippen MR) is 88.4 cm³/mol. The van der Waals surface area contributed by atoms with E-state index in [2.05, 4.69) is 4.74 Å². The van der Waals surface area contributed by atoms with Crippen LogP contribution in [0.25, 0.3) is 0 Å². The van der Waals surface area contributed by atoms with Gasteiger partial charge in [-0.3, -0.25) is 0 Å². The minimum atomic E-state index is -4.66. The van der Waals surface area contributed by atoms with Crippen molar-refractivity contribution < 1.29 is 40.4 Å². The summed E-state index contributed by atoms with van der Waals surface area (Å²) in [5.74, 6) is -2.41. The molecule has 0 atom stereocenters. The van der Waals surface area contributed by atoms with E-state index in [1.54, 1.807) is 0 Å². The topological polar surface area (TPSA) is 92.7 Å². The van der Waals surface area contributed by atoms with Crippen molar-refractivity contribution in [1.82, 2.24) is 0 Å². The highest BCUT2D eigenvalue weighted by molar-refractivity contribution is 7.85. The van der Waals surface area contributed by atoms with Gasteiger partial charge in [0.2, 0.25) is 0 Å². The summed E-state index contributed by atoms with van der Waals surface area (Å²) in [7, 11) is -4.56. The van der Waals surface area contributed by atoms with E-state index in [0.29, 0.717) is 19.3 Å². The first-order chi connectivity index (χ1) is 12.5. The Hall–Kier alpha value is -1.81. The third-order valence-corrected chi connectivity index (χ3v) is 5.24. The molecule has 1 aliphatic rings. The molecule has 152 valence electrons. The van der Waals surface area contributed by atoms with E-state index in [4.69, 9.17) is 4.74 Å². The number of carbonyl (C=O) groups excluding carboxylic acids is 1. The maximum atomic E-state index is 13.3. The molecule has 1 aliphatic carbocycles. The second-order valence-corrected chi connectivity index (χ2v) is 7.98. The van der Waals surface area contributed by atoms with Gasteiger partial charge < -0.3 is 14.0 Å². The Balaban J connectivity index is 2.27. The molecule has 6 nitrogen and oxygen atoms in total. The smallest absolute Gasteiger partial charge is 0.419 e. The quantitative estimate of drug-likeness (QED) is 0.505. The summed E-state index contributed by atoms with van der Waals surface area (Å²) >= 11 is 0. The molecule has 27 heavy (non-hydrogen) atoms. The van der Waals surface area contributed by atoms with Crippen LogP contribution in [-0.2, 0) is 21.0 Å². The van der Waals surface area contributed by atoms with Crippen molar-refractivity contribution in [2.75, 3.05) is 12.4 Å². The van der Waals surface area contributed by atoms with Crippen molar-refractivity contribution >= 4 is 16.1 Å². The molecule has 1 aromatic carbocycles. The van der Waals surface area contributed by atoms with E-state index in [1.807, 2.05) is 6.92 Å². The SMILES string of the molecule is CCC1(Oc2cc(C(=O)OCCS(=O)(=O)[O-])ccc2C(F)(F)F)CCCC1. The lowest BCUT2D eigenvalue weighted by molar-refractivity contribution is -0.140. The Kier molecular flexibility index (Phi) is 6.41. The summed E-state index contributed by atoms with van der Waals surface area (Å²) in [5.41, 5.74) is -1.93. The molecule has 0 heterocycles. The fourth-order valence-electron chi connectivity index (χ4n) is 3.07. The van der Waals surface area contributed by atoms with Gasteiger partial charge in [0.15, 0.2) is 0 Å². The molecular weight excluding hydrogens is 389 g/mol. The van der Waals surface area contributed by atoms with Crippen LogP contribution in [-0.4, -0.2) is 36.9 Å². The average Bonchev–Trinajstić information content (AvgIpc) is 3.01. The van der Waals surface area contributed by atoms with Crippen LogP contribution in [0.3, 0.4) is 0 Å². The molecule has 0 amide bonds. The van der Waals surface area contributed by atoms with E-state index < -0.39 is 51.5 Å². The Morgan fingerprint density at radius 2 is 1.89 bits per heavy atom. The van der Waals surface area contributed by atoms with Gasteiger partial charge in [0.05, 0.1) is 27.0 Å². The lowest BCUT2D eigenvalue weighted by Gasteiger charge is -2.30. The average molecular weight is 409 g/mol. The van der Waals surface area contributed by atoms with Gasteiger partial charge >= 0.3 is 12.1 Å². The van der Waals surface area contributed by atoms with Crippen molar-refractivity contribution in [3.63, 3.8) is 0 Å². The molecule has 0 aromatic heterocycles. The van der Waals surface area contributed by atoms with Gasteiger partial charge in [-0.15, -0.1) is 0 Å². The maximum Gasteiger partial charge on any atom is 0.419 e. The van der Waals surface area contributed by atoms with E-state index in [-0.39, 0.29) is 5.56 Å². The minimum Gasteiger partial charge on any atom is -0.748 e. The zero-order chi connectivity index (χ0) is 20.3. The monoisotopic (exact) mass is 409 g/mol. The molecule has 0 aliphatic heterocycles. The number of hydrogen-bond acceptors (Lipinski definition) is 6. The molecule has 1 saturated carbocycles. The van der Waals surface area contributed by atoms with Gasteiger partial charge in [-0.25, -0.2) is 13.2 Å². The van der Waals surface area contributed by atoms with Crippen molar-refractivity contribution in [1.29, 1.82) is 0 Å². The number of alkyl halides is 3. The van der Waals surface area contributed by atoms with Crippen LogP contribution in [0.2, 0.25) is 0 Å². The van der Waals surface area contributed by atoms with Crippen molar-refractivity contribution in [3.05, 3.63) is 29.3 Å². The van der Waals surface area contributed by atoms with Crippen LogP contribution >= 0.6 is 0 Å². The van der Waals surface area contributed by atoms with Crippen LogP contribution in [0.1, 0.15) is 54.9 Å². The predicted octanol–water partition coefficient (Wildman–Crippen LogP) is 3.51. The van der Waals surface area contributed by atoms with Gasteiger partial charge in [-0.05, 0) is 50.3 Å². The molecule has 1 aromatic rings. The molecule has 0 bridgehead atoms. The minimum absolute atomic E-state index is 0.217. The number of carbonyl (C=O) groups is 1. The van der Waals surface area contributed by atoms with Gasteiger partial charge in [-0.1, -0.05) is 6.92 Å². The largest absolute Gasteiger partial charge is 0.748 e. The number of hydrogen-bond donors (Lipinski definition) is 0. The summed E-state index contributed by atoms with van der Waals surface area (Å²) in [6.45, 7) is 1.15. The lowest BCUT2D eigenvalue weighted by atomic mass is 9.98. The molecule has 1 fully saturated rings. The first-order valence-corrected chi connectivity index (χ1v) is 10.0. The van der Waals surface area contributed by atoms with Gasteiger partial charge in [-0.2, -0.15) is 13.2 Å². The second-order valence-electron chi connectivity index (χ2n) is 6.45. The number of halogens is 3. The summed E-state index contributed by atoms with van der Waals surface area (Å²) in [5, 5.41) is 0. The van der Waals surface area contributed by atoms with Gasteiger partial charge in [0.1, 0.15) is 18.0 Å². The third kappa shape index (κ3) is 5.83. The highest BCUT2D eigenvalue weighted by atomic mass is 32.2. The molecule has 0 N–H and O–H groups in total. The van der Waals surface area contributed by atoms with Gasteiger partial charge in [0.25, 0.3) is 0 Å². The van der Waals surface area contributed by atoms with Crippen LogP contribution in [0.15, 0.2) is 18.2 Å². The highest BCUT2D eigenvalue weighted by Crippen LogP contribution is 2.42. The Labute approximate surface area is 155 Å². The van der Waals surface area contributed by atoms with Crippen LogP contribution < -0.4 is 4.74 Å². The summed E-state index contributed by atoms with van der Waals surface area (Å²) in [6, 6.07) is 2.61. The van der Waals surface area contributed by atoms with E-state index in [9.17, 15) is 30.9 Å². The zero-order valence-electron chi connectivity index (χ0n) is 14.7. The normalized spacial score (nSPS) is 16.9. The Morgan fingerprint density at radius 3 is 2.41 bits per heavy atom.